The van der Waals surface area contributed by atoms with Crippen LogP contribution in [0.15, 0.2) is 48.8 Å². The first kappa shape index (κ1) is 18.7. The molecule has 1 amide bonds. The van der Waals surface area contributed by atoms with Crippen LogP contribution < -0.4 is 15.5 Å². The third-order valence-corrected chi connectivity index (χ3v) is 6.16. The second kappa shape index (κ2) is 7.20. The summed E-state index contributed by atoms with van der Waals surface area (Å²) in [7, 11) is 1.94. The second-order valence-corrected chi connectivity index (χ2v) is 8.52. The van der Waals surface area contributed by atoms with Gasteiger partial charge in [-0.3, -0.25) is 9.48 Å². The average Bonchev–Trinajstić information content (AvgIpc) is 3.09. The van der Waals surface area contributed by atoms with Crippen LogP contribution in [0.25, 0.3) is 11.1 Å². The number of fused-ring (bicyclic) bond motifs is 2. The molecule has 0 radical (unpaired) electrons. The predicted molar refractivity (Wildman–Crippen MR) is 121 cm³/mol. The summed E-state index contributed by atoms with van der Waals surface area (Å²) < 4.78 is 1.84. The quantitative estimate of drug-likeness (QED) is 0.643. The highest BCUT2D eigenvalue weighted by molar-refractivity contribution is 6.00. The van der Waals surface area contributed by atoms with Gasteiger partial charge in [-0.15, -0.1) is 0 Å². The molecule has 3 heterocycles. The lowest BCUT2D eigenvalue weighted by Crippen LogP contribution is -2.27. The molecule has 2 unspecified atom stereocenters. The summed E-state index contributed by atoms with van der Waals surface area (Å²) in [4.78, 5) is 14.6. The number of carbonyl (C=O) groups is 1. The van der Waals surface area contributed by atoms with Crippen LogP contribution in [0.3, 0.4) is 0 Å². The first-order chi connectivity index (χ1) is 14.5. The molecule has 1 aromatic heterocycles. The van der Waals surface area contributed by atoms with Crippen LogP contribution in [0.2, 0.25) is 0 Å². The highest BCUT2D eigenvalue weighted by Crippen LogP contribution is 2.45. The molecule has 0 fully saturated rings. The Morgan fingerprint density at radius 1 is 1.10 bits per heavy atom. The van der Waals surface area contributed by atoms with E-state index in [0.717, 1.165) is 35.6 Å². The standard InChI is InChI=1S/C24H27N5O/c1-15-9-10-29(21-8-7-17(12-19(15)21)18-13-25-28(3)14-18)22-6-4-5-20-24(22)26-16(2)11-23(30)27-20/h4-8,12-16,26H,9-11H2,1-3H3,(H,27,30). The van der Waals surface area contributed by atoms with E-state index < -0.39 is 0 Å². The van der Waals surface area contributed by atoms with E-state index in [2.05, 4.69) is 64.9 Å². The van der Waals surface area contributed by atoms with Crippen LogP contribution in [-0.2, 0) is 11.8 Å². The summed E-state index contributed by atoms with van der Waals surface area (Å²) in [5.74, 6) is 0.543. The van der Waals surface area contributed by atoms with Crippen LogP contribution in [-0.4, -0.2) is 28.3 Å². The third kappa shape index (κ3) is 3.22. The molecule has 154 valence electrons. The van der Waals surface area contributed by atoms with E-state index in [1.807, 2.05) is 30.1 Å². The Bertz CT molecular complexity index is 1120. The van der Waals surface area contributed by atoms with Crippen LogP contribution in [0.4, 0.5) is 22.7 Å². The molecule has 2 aliphatic heterocycles. The molecule has 6 heteroatoms. The van der Waals surface area contributed by atoms with Gasteiger partial charge in [-0.25, -0.2) is 0 Å². The van der Waals surface area contributed by atoms with Crippen LogP contribution in [0, 0.1) is 0 Å². The lowest BCUT2D eigenvalue weighted by molar-refractivity contribution is -0.116. The number of amides is 1. The van der Waals surface area contributed by atoms with Gasteiger partial charge in [0.1, 0.15) is 0 Å². The Morgan fingerprint density at radius 3 is 2.77 bits per heavy atom. The Labute approximate surface area is 176 Å². The number of aromatic nitrogens is 2. The van der Waals surface area contributed by atoms with Gasteiger partial charge in [0.15, 0.2) is 0 Å². The molecule has 0 spiro atoms. The van der Waals surface area contributed by atoms with Crippen molar-refractivity contribution < 1.29 is 4.79 Å². The minimum absolute atomic E-state index is 0.0553. The lowest BCUT2D eigenvalue weighted by Gasteiger charge is -2.36. The van der Waals surface area contributed by atoms with E-state index in [-0.39, 0.29) is 11.9 Å². The average molecular weight is 402 g/mol. The van der Waals surface area contributed by atoms with Gasteiger partial charge >= 0.3 is 0 Å². The molecular formula is C24H27N5O. The fourth-order valence-electron chi connectivity index (χ4n) is 4.59. The minimum atomic E-state index is 0.0553. The molecule has 2 aromatic carbocycles. The summed E-state index contributed by atoms with van der Waals surface area (Å²) in [6.07, 6.45) is 5.52. The number of aryl methyl sites for hydroxylation is 1. The van der Waals surface area contributed by atoms with Gasteiger partial charge in [-0.1, -0.05) is 19.1 Å². The molecule has 0 saturated heterocycles. The summed E-state index contributed by atoms with van der Waals surface area (Å²) in [6.45, 7) is 5.30. The maximum Gasteiger partial charge on any atom is 0.226 e. The maximum atomic E-state index is 12.2. The van der Waals surface area contributed by atoms with Gasteiger partial charge in [0.05, 0.1) is 23.3 Å². The van der Waals surface area contributed by atoms with Crippen molar-refractivity contribution >= 4 is 28.7 Å². The third-order valence-electron chi connectivity index (χ3n) is 6.16. The van der Waals surface area contributed by atoms with Crippen molar-refractivity contribution in [2.75, 3.05) is 22.1 Å². The highest BCUT2D eigenvalue weighted by atomic mass is 16.1. The van der Waals surface area contributed by atoms with Crippen molar-refractivity contribution in [3.63, 3.8) is 0 Å². The van der Waals surface area contributed by atoms with Crippen molar-refractivity contribution in [2.45, 2.75) is 38.6 Å². The smallest absolute Gasteiger partial charge is 0.226 e. The zero-order valence-corrected chi connectivity index (χ0v) is 17.6. The number of rotatable bonds is 2. The SMILES string of the molecule is CC1CC(=O)Nc2cccc(N3CCC(C)c4cc(-c5cnn(C)c5)ccc43)c2N1. The van der Waals surface area contributed by atoms with Gasteiger partial charge in [0, 0.05) is 43.5 Å². The second-order valence-electron chi connectivity index (χ2n) is 8.52. The Balaban J connectivity index is 1.59. The summed E-state index contributed by atoms with van der Waals surface area (Å²) >= 11 is 0. The van der Waals surface area contributed by atoms with Crippen LogP contribution >= 0.6 is 0 Å². The number of anilines is 4. The number of hydrogen-bond donors (Lipinski definition) is 2. The fraction of sp³-hybridized carbons (Fsp3) is 0.333. The number of benzene rings is 2. The topological polar surface area (TPSA) is 62.2 Å². The minimum Gasteiger partial charge on any atom is -0.379 e. The molecule has 30 heavy (non-hydrogen) atoms. The van der Waals surface area contributed by atoms with E-state index in [0.29, 0.717) is 12.3 Å². The van der Waals surface area contributed by atoms with E-state index in [9.17, 15) is 4.79 Å². The van der Waals surface area contributed by atoms with Crippen molar-refractivity contribution in [3.05, 3.63) is 54.4 Å². The van der Waals surface area contributed by atoms with Gasteiger partial charge in [-0.2, -0.15) is 5.10 Å². The predicted octanol–water partition coefficient (Wildman–Crippen LogP) is 4.88. The Kier molecular flexibility index (Phi) is 4.50. The van der Waals surface area contributed by atoms with E-state index in [1.54, 1.807) is 0 Å². The Hall–Kier alpha value is -3.28. The fourth-order valence-corrected chi connectivity index (χ4v) is 4.59. The molecule has 0 bridgehead atoms. The molecule has 2 atom stereocenters. The largest absolute Gasteiger partial charge is 0.379 e. The Morgan fingerprint density at radius 2 is 1.97 bits per heavy atom. The number of hydrogen-bond acceptors (Lipinski definition) is 4. The molecule has 6 nitrogen and oxygen atoms in total. The molecule has 2 aliphatic rings. The van der Waals surface area contributed by atoms with Crippen molar-refractivity contribution in [3.8, 4) is 11.1 Å². The highest BCUT2D eigenvalue weighted by Gasteiger charge is 2.28. The number of nitrogens with zero attached hydrogens (tertiary/aromatic N) is 3. The van der Waals surface area contributed by atoms with E-state index >= 15 is 0 Å². The lowest BCUT2D eigenvalue weighted by atomic mass is 9.89. The molecule has 0 aliphatic carbocycles. The summed E-state index contributed by atoms with van der Waals surface area (Å²) in [5.41, 5.74) is 7.90. The molecule has 0 saturated carbocycles. The van der Waals surface area contributed by atoms with Crippen molar-refractivity contribution in [1.82, 2.24) is 9.78 Å². The van der Waals surface area contributed by atoms with E-state index in [1.165, 1.54) is 16.8 Å². The zero-order chi connectivity index (χ0) is 20.8. The van der Waals surface area contributed by atoms with Gasteiger partial charge in [-0.05, 0) is 54.7 Å². The molecular weight excluding hydrogens is 374 g/mol. The van der Waals surface area contributed by atoms with Gasteiger partial charge in [0.25, 0.3) is 0 Å². The monoisotopic (exact) mass is 401 g/mol. The first-order valence-electron chi connectivity index (χ1n) is 10.6. The van der Waals surface area contributed by atoms with Gasteiger partial charge < -0.3 is 15.5 Å². The van der Waals surface area contributed by atoms with Gasteiger partial charge in [0.2, 0.25) is 5.91 Å². The van der Waals surface area contributed by atoms with Crippen molar-refractivity contribution in [2.24, 2.45) is 7.05 Å². The first-order valence-corrected chi connectivity index (χ1v) is 10.6. The molecule has 5 rings (SSSR count). The molecule has 2 N–H and O–H groups in total. The number of carbonyl (C=O) groups excluding carboxylic acids is 1. The normalized spacial score (nSPS) is 20.6. The zero-order valence-electron chi connectivity index (χ0n) is 17.6. The maximum absolute atomic E-state index is 12.2. The number of nitrogens with one attached hydrogen (secondary N) is 2. The van der Waals surface area contributed by atoms with E-state index in [4.69, 9.17) is 0 Å². The summed E-state index contributed by atoms with van der Waals surface area (Å²) in [6, 6.07) is 12.9. The van der Waals surface area contributed by atoms with Crippen LogP contribution in [0.1, 0.15) is 38.2 Å². The van der Waals surface area contributed by atoms with Crippen molar-refractivity contribution in [1.29, 1.82) is 0 Å². The molecule has 3 aromatic rings. The van der Waals surface area contributed by atoms with Crippen LogP contribution in [0.5, 0.6) is 0 Å². The summed E-state index contributed by atoms with van der Waals surface area (Å²) in [5, 5.41) is 10.9. The number of para-hydroxylation sites is 1.